The summed E-state index contributed by atoms with van der Waals surface area (Å²) in [4.78, 5) is 14.6. The van der Waals surface area contributed by atoms with Crippen LogP contribution in [0.2, 0.25) is 0 Å². The first-order valence-electron chi connectivity index (χ1n) is 6.62. The van der Waals surface area contributed by atoms with Gasteiger partial charge in [-0.25, -0.2) is 0 Å². The van der Waals surface area contributed by atoms with Gasteiger partial charge in [-0.1, -0.05) is 19.8 Å². The fraction of sp³-hybridized carbons (Fsp3) is 0.923. The smallest absolute Gasteiger partial charge is 0.228 e. The van der Waals surface area contributed by atoms with Crippen molar-refractivity contribution < 1.29 is 4.79 Å². The van der Waals surface area contributed by atoms with Crippen LogP contribution in [0.3, 0.4) is 0 Å². The van der Waals surface area contributed by atoms with Crippen LogP contribution in [0.25, 0.3) is 0 Å². The topological polar surface area (TPSA) is 32.3 Å². The van der Waals surface area contributed by atoms with Crippen LogP contribution in [0.15, 0.2) is 0 Å². The lowest BCUT2D eigenvalue weighted by molar-refractivity contribution is -0.142. The summed E-state index contributed by atoms with van der Waals surface area (Å²) in [7, 11) is 2.00. The van der Waals surface area contributed by atoms with Gasteiger partial charge in [0.25, 0.3) is 0 Å². The number of rotatable bonds is 2. The molecule has 0 radical (unpaired) electrons. The summed E-state index contributed by atoms with van der Waals surface area (Å²) in [6, 6.07) is 0.503. The zero-order chi connectivity index (χ0) is 11.6. The Hall–Kier alpha value is -0.280. The SMILES string of the molecule is CNC1CCCN(C(=O)C2(C)CCCC2)C1.Cl. The molecule has 1 saturated carbocycles. The highest BCUT2D eigenvalue weighted by Crippen LogP contribution is 2.39. The summed E-state index contributed by atoms with van der Waals surface area (Å²) in [5.41, 5.74) is -0.0460. The molecule has 1 amide bonds. The third-order valence-electron chi connectivity index (χ3n) is 4.34. The van der Waals surface area contributed by atoms with Crippen LogP contribution in [0.1, 0.15) is 45.4 Å². The van der Waals surface area contributed by atoms with Crippen LogP contribution < -0.4 is 5.32 Å². The van der Waals surface area contributed by atoms with E-state index in [9.17, 15) is 4.79 Å². The van der Waals surface area contributed by atoms with Gasteiger partial charge in [0.1, 0.15) is 0 Å². The number of likely N-dealkylation sites (tertiary alicyclic amines) is 1. The van der Waals surface area contributed by atoms with Crippen molar-refractivity contribution in [2.45, 2.75) is 51.5 Å². The minimum Gasteiger partial charge on any atom is -0.341 e. The van der Waals surface area contributed by atoms with E-state index in [1.807, 2.05) is 7.05 Å². The average Bonchev–Trinajstić information content (AvgIpc) is 2.76. The molecule has 3 nitrogen and oxygen atoms in total. The average molecular weight is 261 g/mol. The maximum Gasteiger partial charge on any atom is 0.228 e. The molecule has 0 spiro atoms. The molecule has 0 bridgehead atoms. The molecule has 1 unspecified atom stereocenters. The van der Waals surface area contributed by atoms with Crippen LogP contribution >= 0.6 is 12.4 Å². The molecule has 1 aliphatic heterocycles. The molecule has 100 valence electrons. The molecule has 1 heterocycles. The minimum atomic E-state index is -0.0460. The van der Waals surface area contributed by atoms with Crippen LogP contribution in [-0.2, 0) is 4.79 Å². The zero-order valence-corrected chi connectivity index (χ0v) is 11.8. The lowest BCUT2D eigenvalue weighted by atomic mass is 9.86. The molecule has 17 heavy (non-hydrogen) atoms. The van der Waals surface area contributed by atoms with E-state index in [0.717, 1.165) is 32.4 Å². The summed E-state index contributed by atoms with van der Waals surface area (Å²) in [6.07, 6.45) is 6.99. The molecule has 1 atom stereocenters. The first-order valence-corrected chi connectivity index (χ1v) is 6.62. The molecular weight excluding hydrogens is 236 g/mol. The maximum atomic E-state index is 12.5. The highest BCUT2D eigenvalue weighted by Gasteiger charge is 2.40. The fourth-order valence-electron chi connectivity index (χ4n) is 3.15. The summed E-state index contributed by atoms with van der Waals surface area (Å²) in [5, 5.41) is 3.30. The van der Waals surface area contributed by atoms with E-state index >= 15 is 0 Å². The number of nitrogens with one attached hydrogen (secondary N) is 1. The molecule has 2 rings (SSSR count). The van der Waals surface area contributed by atoms with Gasteiger partial charge in [-0.05, 0) is 32.7 Å². The van der Waals surface area contributed by atoms with E-state index < -0.39 is 0 Å². The Labute approximate surface area is 111 Å². The molecule has 0 aromatic rings. The number of hydrogen-bond acceptors (Lipinski definition) is 2. The van der Waals surface area contributed by atoms with E-state index in [0.29, 0.717) is 11.9 Å². The van der Waals surface area contributed by atoms with Crippen molar-refractivity contribution in [3.63, 3.8) is 0 Å². The lowest BCUT2D eigenvalue weighted by Crippen LogP contribution is -2.50. The minimum absolute atomic E-state index is 0. The predicted octanol–water partition coefficient (Wildman–Crippen LogP) is 2.20. The molecule has 1 aliphatic carbocycles. The summed E-state index contributed by atoms with van der Waals surface area (Å²) < 4.78 is 0. The van der Waals surface area contributed by atoms with Crippen molar-refractivity contribution in [3.8, 4) is 0 Å². The first-order chi connectivity index (χ1) is 7.65. The van der Waals surface area contributed by atoms with Crippen molar-refractivity contribution in [1.82, 2.24) is 10.2 Å². The van der Waals surface area contributed by atoms with Gasteiger partial charge in [0.2, 0.25) is 5.91 Å². The monoisotopic (exact) mass is 260 g/mol. The second-order valence-corrected chi connectivity index (χ2v) is 5.65. The molecule has 2 aliphatic rings. The number of nitrogens with zero attached hydrogens (tertiary/aromatic N) is 1. The summed E-state index contributed by atoms with van der Waals surface area (Å²) in [6.45, 7) is 4.03. The zero-order valence-electron chi connectivity index (χ0n) is 11.0. The fourth-order valence-corrected chi connectivity index (χ4v) is 3.15. The number of piperidine rings is 1. The molecule has 1 N–H and O–H groups in total. The van der Waals surface area contributed by atoms with Crippen molar-refractivity contribution in [1.29, 1.82) is 0 Å². The number of hydrogen-bond donors (Lipinski definition) is 1. The molecule has 2 fully saturated rings. The Kier molecular flexibility index (Phi) is 5.26. The van der Waals surface area contributed by atoms with Crippen molar-refractivity contribution in [3.05, 3.63) is 0 Å². The van der Waals surface area contributed by atoms with Crippen molar-refractivity contribution in [2.24, 2.45) is 5.41 Å². The number of carbonyl (C=O) groups is 1. The highest BCUT2D eigenvalue weighted by atomic mass is 35.5. The number of carbonyl (C=O) groups excluding carboxylic acids is 1. The second-order valence-electron chi connectivity index (χ2n) is 5.65. The van der Waals surface area contributed by atoms with Gasteiger partial charge in [0, 0.05) is 24.5 Å². The van der Waals surface area contributed by atoms with Gasteiger partial charge in [-0.2, -0.15) is 0 Å². The number of amides is 1. The summed E-state index contributed by atoms with van der Waals surface area (Å²) >= 11 is 0. The second kappa shape index (κ2) is 6.05. The van der Waals surface area contributed by atoms with E-state index in [2.05, 4.69) is 17.1 Å². The van der Waals surface area contributed by atoms with E-state index in [1.165, 1.54) is 19.3 Å². The Morgan fingerprint density at radius 1 is 1.29 bits per heavy atom. The van der Waals surface area contributed by atoms with E-state index in [4.69, 9.17) is 0 Å². The molecule has 1 saturated heterocycles. The van der Waals surface area contributed by atoms with Crippen LogP contribution in [0.5, 0.6) is 0 Å². The third kappa shape index (κ3) is 3.14. The van der Waals surface area contributed by atoms with Crippen LogP contribution in [0, 0.1) is 5.41 Å². The molecular formula is C13H25ClN2O. The van der Waals surface area contributed by atoms with Gasteiger partial charge in [0.05, 0.1) is 0 Å². The maximum absolute atomic E-state index is 12.5. The van der Waals surface area contributed by atoms with Gasteiger partial charge in [-0.3, -0.25) is 4.79 Å². The van der Waals surface area contributed by atoms with Gasteiger partial charge < -0.3 is 10.2 Å². The normalized spacial score (nSPS) is 27.6. The Morgan fingerprint density at radius 3 is 2.53 bits per heavy atom. The summed E-state index contributed by atoms with van der Waals surface area (Å²) in [5.74, 6) is 0.407. The molecule has 4 heteroatoms. The predicted molar refractivity (Wildman–Crippen MR) is 72.5 cm³/mol. The van der Waals surface area contributed by atoms with E-state index in [-0.39, 0.29) is 17.8 Å². The van der Waals surface area contributed by atoms with E-state index in [1.54, 1.807) is 0 Å². The van der Waals surface area contributed by atoms with Crippen LogP contribution in [0.4, 0.5) is 0 Å². The largest absolute Gasteiger partial charge is 0.341 e. The molecule has 0 aromatic carbocycles. The van der Waals surface area contributed by atoms with Crippen LogP contribution in [-0.4, -0.2) is 37.0 Å². The van der Waals surface area contributed by atoms with Crippen molar-refractivity contribution >= 4 is 18.3 Å². The third-order valence-corrected chi connectivity index (χ3v) is 4.34. The molecule has 0 aromatic heterocycles. The Bertz CT molecular complexity index is 264. The highest BCUT2D eigenvalue weighted by molar-refractivity contribution is 5.85. The number of halogens is 1. The van der Waals surface area contributed by atoms with Gasteiger partial charge in [-0.15, -0.1) is 12.4 Å². The number of likely N-dealkylation sites (N-methyl/N-ethyl adjacent to an activating group) is 1. The quantitative estimate of drug-likeness (QED) is 0.826. The van der Waals surface area contributed by atoms with Crippen molar-refractivity contribution in [2.75, 3.05) is 20.1 Å². The van der Waals surface area contributed by atoms with Gasteiger partial charge in [0.15, 0.2) is 0 Å². The Balaban J connectivity index is 0.00000144. The Morgan fingerprint density at radius 2 is 1.94 bits per heavy atom. The van der Waals surface area contributed by atoms with Gasteiger partial charge >= 0.3 is 0 Å². The lowest BCUT2D eigenvalue weighted by Gasteiger charge is -2.37. The standard InChI is InChI=1S/C13H24N2O.ClH/c1-13(7-3-4-8-13)12(16)15-9-5-6-11(10-15)14-2;/h11,14H,3-10H2,1-2H3;1H. The first kappa shape index (κ1) is 14.8.